The number of nitrogens with one attached hydrogen (secondary N) is 2. The van der Waals surface area contributed by atoms with E-state index in [1.54, 1.807) is 48.5 Å². The van der Waals surface area contributed by atoms with E-state index in [0.29, 0.717) is 41.3 Å². The van der Waals surface area contributed by atoms with Gasteiger partial charge in [0, 0.05) is 36.3 Å². The molecule has 9 heteroatoms. The number of aromatic amines is 1. The number of nitrogens with zero attached hydrogens (tertiary/aromatic N) is 3. The number of aromatic hydroxyl groups is 1. The summed E-state index contributed by atoms with van der Waals surface area (Å²) in [4.78, 5) is 38.9. The lowest BCUT2D eigenvalue weighted by Crippen LogP contribution is -2.38. The highest BCUT2D eigenvalue weighted by Gasteiger charge is 2.32. The van der Waals surface area contributed by atoms with Gasteiger partial charge in [0.2, 0.25) is 11.8 Å². The first-order valence-electron chi connectivity index (χ1n) is 11.8. The number of hydrogen-bond acceptors (Lipinski definition) is 6. The molecule has 5 rings (SSSR count). The Balaban J connectivity index is 1.41. The van der Waals surface area contributed by atoms with Crippen LogP contribution in [0.1, 0.15) is 30.6 Å². The van der Waals surface area contributed by atoms with Gasteiger partial charge in [-0.1, -0.05) is 6.07 Å². The minimum Gasteiger partial charge on any atom is -0.507 e. The molecule has 1 saturated heterocycles. The Hall–Kier alpha value is -4.40. The Kier molecular flexibility index (Phi) is 6.05. The van der Waals surface area contributed by atoms with Crippen LogP contribution in [0.2, 0.25) is 0 Å². The number of ether oxygens (including phenoxy) is 1. The third-order valence-electron chi connectivity index (χ3n) is 6.39. The summed E-state index contributed by atoms with van der Waals surface area (Å²) in [6, 6.07) is 14.0. The Morgan fingerprint density at radius 1 is 1.19 bits per heavy atom. The van der Waals surface area contributed by atoms with Crippen molar-refractivity contribution >= 4 is 22.8 Å². The summed E-state index contributed by atoms with van der Waals surface area (Å²) < 4.78 is 5.37. The van der Waals surface area contributed by atoms with Gasteiger partial charge < -0.3 is 25.0 Å². The van der Waals surface area contributed by atoms with Gasteiger partial charge in [-0.25, -0.2) is 9.97 Å². The zero-order chi connectivity index (χ0) is 25.4. The Labute approximate surface area is 208 Å². The number of phenolic OH excluding ortho intramolecular Hbond substituents is 1. The number of rotatable bonds is 6. The average Bonchev–Trinajstić information content (AvgIpc) is 3.46. The molecule has 36 heavy (non-hydrogen) atoms. The number of amides is 2. The van der Waals surface area contributed by atoms with Crippen LogP contribution < -0.4 is 10.1 Å². The first-order chi connectivity index (χ1) is 17.3. The molecule has 0 aliphatic carbocycles. The maximum absolute atomic E-state index is 12.9. The molecular formula is C27H27N5O4. The van der Waals surface area contributed by atoms with Crippen LogP contribution in [-0.2, 0) is 4.79 Å². The molecule has 2 amide bonds. The summed E-state index contributed by atoms with van der Waals surface area (Å²) in [5, 5.41) is 13.5. The van der Waals surface area contributed by atoms with Crippen molar-refractivity contribution in [2.45, 2.75) is 32.4 Å². The van der Waals surface area contributed by atoms with Crippen LogP contribution in [-0.4, -0.2) is 62.5 Å². The third-order valence-corrected chi connectivity index (χ3v) is 6.39. The van der Waals surface area contributed by atoms with Crippen molar-refractivity contribution in [3.63, 3.8) is 0 Å². The SMILES string of the molecule is COc1ncccc1-c1ccc(O)c(-c2nc3cc(C(=O)NC4CC(=O)N(C(C)C)C4)ccc3[nH]2)c1. The van der Waals surface area contributed by atoms with Gasteiger partial charge in [-0.15, -0.1) is 0 Å². The van der Waals surface area contributed by atoms with Gasteiger partial charge in [0.25, 0.3) is 5.91 Å². The van der Waals surface area contributed by atoms with E-state index in [1.165, 1.54) is 0 Å². The van der Waals surface area contributed by atoms with Crippen molar-refractivity contribution in [3.05, 3.63) is 60.3 Å². The molecule has 1 fully saturated rings. The summed E-state index contributed by atoms with van der Waals surface area (Å²) in [6.07, 6.45) is 1.96. The minimum atomic E-state index is -0.252. The maximum atomic E-state index is 12.9. The first kappa shape index (κ1) is 23.3. The fourth-order valence-electron chi connectivity index (χ4n) is 4.54. The van der Waals surface area contributed by atoms with Crippen LogP contribution in [0.25, 0.3) is 33.5 Å². The topological polar surface area (TPSA) is 120 Å². The van der Waals surface area contributed by atoms with Gasteiger partial charge >= 0.3 is 0 Å². The fraction of sp³-hybridized carbons (Fsp3) is 0.259. The van der Waals surface area contributed by atoms with Gasteiger partial charge in [0.05, 0.1) is 29.7 Å². The molecule has 0 spiro atoms. The summed E-state index contributed by atoms with van der Waals surface area (Å²) in [5.41, 5.74) is 3.89. The van der Waals surface area contributed by atoms with E-state index in [4.69, 9.17) is 4.74 Å². The Morgan fingerprint density at radius 2 is 2.03 bits per heavy atom. The molecule has 3 heterocycles. The molecule has 1 atom stereocenters. The Bertz CT molecular complexity index is 1460. The summed E-state index contributed by atoms with van der Waals surface area (Å²) >= 11 is 0. The first-order valence-corrected chi connectivity index (χ1v) is 11.8. The van der Waals surface area contributed by atoms with Gasteiger partial charge in [-0.05, 0) is 61.9 Å². The van der Waals surface area contributed by atoms with Crippen molar-refractivity contribution in [3.8, 4) is 34.1 Å². The number of benzene rings is 2. The second-order valence-corrected chi connectivity index (χ2v) is 9.12. The molecule has 1 unspecified atom stereocenters. The molecule has 0 bridgehead atoms. The van der Waals surface area contributed by atoms with Crippen molar-refractivity contribution in [1.82, 2.24) is 25.2 Å². The smallest absolute Gasteiger partial charge is 0.251 e. The second kappa shape index (κ2) is 9.33. The molecule has 9 nitrogen and oxygen atoms in total. The number of aromatic nitrogens is 3. The number of phenols is 1. The van der Waals surface area contributed by atoms with Crippen LogP contribution in [0, 0.1) is 0 Å². The van der Waals surface area contributed by atoms with E-state index in [-0.39, 0.29) is 29.6 Å². The van der Waals surface area contributed by atoms with Crippen LogP contribution in [0.15, 0.2) is 54.7 Å². The lowest BCUT2D eigenvalue weighted by molar-refractivity contribution is -0.129. The number of carbonyl (C=O) groups is 2. The van der Waals surface area contributed by atoms with Crippen LogP contribution in [0.5, 0.6) is 11.6 Å². The predicted molar refractivity (Wildman–Crippen MR) is 136 cm³/mol. The normalized spacial score (nSPS) is 15.6. The van der Waals surface area contributed by atoms with Gasteiger partial charge in [0.15, 0.2) is 0 Å². The molecular weight excluding hydrogens is 458 g/mol. The number of H-pyrrole nitrogens is 1. The molecule has 2 aromatic heterocycles. The van der Waals surface area contributed by atoms with Gasteiger partial charge in [-0.3, -0.25) is 9.59 Å². The molecule has 184 valence electrons. The van der Waals surface area contributed by atoms with E-state index in [2.05, 4.69) is 20.3 Å². The molecule has 1 aliphatic rings. The van der Waals surface area contributed by atoms with Crippen LogP contribution in [0.3, 0.4) is 0 Å². The highest BCUT2D eigenvalue weighted by Crippen LogP contribution is 2.35. The average molecular weight is 486 g/mol. The van der Waals surface area contributed by atoms with E-state index in [1.807, 2.05) is 32.0 Å². The number of hydrogen-bond donors (Lipinski definition) is 3. The monoisotopic (exact) mass is 485 g/mol. The quantitative estimate of drug-likeness (QED) is 0.383. The van der Waals surface area contributed by atoms with E-state index in [9.17, 15) is 14.7 Å². The lowest BCUT2D eigenvalue weighted by atomic mass is 10.0. The van der Waals surface area contributed by atoms with E-state index in [0.717, 1.165) is 16.6 Å². The van der Waals surface area contributed by atoms with Crippen LogP contribution in [0.4, 0.5) is 0 Å². The Morgan fingerprint density at radius 3 is 2.78 bits per heavy atom. The minimum absolute atomic E-state index is 0.0497. The molecule has 0 radical (unpaired) electrons. The van der Waals surface area contributed by atoms with Gasteiger partial charge in [0.1, 0.15) is 11.6 Å². The van der Waals surface area contributed by atoms with Gasteiger partial charge in [-0.2, -0.15) is 0 Å². The summed E-state index contributed by atoms with van der Waals surface area (Å²) in [5.74, 6) is 0.819. The lowest BCUT2D eigenvalue weighted by Gasteiger charge is -2.21. The van der Waals surface area contributed by atoms with E-state index >= 15 is 0 Å². The molecule has 4 aromatic rings. The maximum Gasteiger partial charge on any atom is 0.251 e. The number of fused-ring (bicyclic) bond motifs is 1. The fourth-order valence-corrected chi connectivity index (χ4v) is 4.54. The molecule has 3 N–H and O–H groups in total. The second-order valence-electron chi connectivity index (χ2n) is 9.12. The largest absolute Gasteiger partial charge is 0.507 e. The molecule has 0 saturated carbocycles. The van der Waals surface area contributed by atoms with Crippen molar-refractivity contribution in [2.24, 2.45) is 0 Å². The number of methoxy groups -OCH3 is 1. The number of imidazole rings is 1. The van der Waals surface area contributed by atoms with Crippen molar-refractivity contribution in [2.75, 3.05) is 13.7 Å². The number of likely N-dealkylation sites (tertiary alicyclic amines) is 1. The molecule has 2 aromatic carbocycles. The van der Waals surface area contributed by atoms with Crippen molar-refractivity contribution < 1.29 is 19.4 Å². The summed E-state index contributed by atoms with van der Waals surface area (Å²) in [7, 11) is 1.56. The molecule has 1 aliphatic heterocycles. The zero-order valence-electron chi connectivity index (χ0n) is 20.3. The highest BCUT2D eigenvalue weighted by molar-refractivity contribution is 5.98. The predicted octanol–water partition coefficient (Wildman–Crippen LogP) is 3.75. The van der Waals surface area contributed by atoms with E-state index < -0.39 is 0 Å². The third kappa shape index (κ3) is 4.35. The highest BCUT2D eigenvalue weighted by atomic mass is 16.5. The van der Waals surface area contributed by atoms with Crippen LogP contribution >= 0.6 is 0 Å². The zero-order valence-corrected chi connectivity index (χ0v) is 20.3. The summed E-state index contributed by atoms with van der Waals surface area (Å²) in [6.45, 7) is 4.44. The number of pyridine rings is 1. The standard InChI is InChI=1S/C27H27N5O4/c1-15(2)32-14-18(13-24(32)34)29-26(35)17-6-8-21-22(12-17)31-25(30-21)20-11-16(7-9-23(20)33)19-5-4-10-28-27(19)36-3/h4-12,15,18,33H,13-14H2,1-3H3,(H,29,35)(H,30,31). The number of carbonyl (C=O) groups excluding carboxylic acids is 2. The van der Waals surface area contributed by atoms with Crippen molar-refractivity contribution in [1.29, 1.82) is 0 Å².